The molecule has 1 heterocycles. The molecule has 98 valence electrons. The van der Waals surface area contributed by atoms with Crippen LogP contribution >= 0.6 is 11.8 Å². The average molecular weight is 273 g/mol. The minimum absolute atomic E-state index is 0.264. The maximum Gasteiger partial charge on any atom is 0.337 e. The minimum atomic E-state index is -0.930. The normalized spacial score (nSPS) is 10.4. The number of carbonyl (C=O) groups is 1. The van der Waals surface area contributed by atoms with Crippen LogP contribution in [0.3, 0.4) is 0 Å². The first-order chi connectivity index (χ1) is 9.08. The largest absolute Gasteiger partial charge is 0.478 e. The Hall–Kier alpha value is -1.81. The van der Waals surface area contributed by atoms with Crippen LogP contribution in [0.1, 0.15) is 27.2 Å². The lowest BCUT2D eigenvalue weighted by Crippen LogP contribution is -2.01. The summed E-state index contributed by atoms with van der Waals surface area (Å²) in [6.07, 6.45) is 0. The fraction of sp³-hybridized carbons (Fsp3) is 0.200. The highest BCUT2D eigenvalue weighted by Crippen LogP contribution is 2.23. The standard InChI is InChI=1S/C15H15NO2S/c1-10-5-3-4-6-12(10)9-19-14-8-7-13(15(17)18)11(2)16-14/h3-8H,9H2,1-2H3,(H,17,18). The number of carboxylic acid groups (broad SMARTS) is 1. The van der Waals surface area contributed by atoms with Crippen molar-refractivity contribution in [1.29, 1.82) is 0 Å². The molecule has 0 saturated heterocycles. The van der Waals surface area contributed by atoms with E-state index in [4.69, 9.17) is 5.11 Å². The second-order valence-electron chi connectivity index (χ2n) is 4.30. The maximum atomic E-state index is 10.9. The molecule has 0 atom stereocenters. The molecular formula is C15H15NO2S. The third kappa shape index (κ3) is 3.35. The topological polar surface area (TPSA) is 50.2 Å². The third-order valence-corrected chi connectivity index (χ3v) is 3.91. The average Bonchev–Trinajstić information content (AvgIpc) is 2.37. The lowest BCUT2D eigenvalue weighted by molar-refractivity contribution is 0.0695. The first-order valence-corrected chi connectivity index (χ1v) is 6.94. The van der Waals surface area contributed by atoms with E-state index in [-0.39, 0.29) is 5.56 Å². The van der Waals surface area contributed by atoms with Crippen LogP contribution in [0, 0.1) is 13.8 Å². The summed E-state index contributed by atoms with van der Waals surface area (Å²) in [4.78, 5) is 15.2. The van der Waals surface area contributed by atoms with Gasteiger partial charge < -0.3 is 5.11 Å². The fourth-order valence-electron chi connectivity index (χ4n) is 1.77. The molecule has 0 fully saturated rings. The van der Waals surface area contributed by atoms with Gasteiger partial charge in [-0.25, -0.2) is 9.78 Å². The number of pyridine rings is 1. The molecule has 1 N–H and O–H groups in total. The van der Waals surface area contributed by atoms with Gasteiger partial charge in [-0.15, -0.1) is 11.8 Å². The van der Waals surface area contributed by atoms with E-state index in [0.29, 0.717) is 5.69 Å². The number of aromatic nitrogens is 1. The van der Waals surface area contributed by atoms with Crippen molar-refractivity contribution < 1.29 is 9.90 Å². The van der Waals surface area contributed by atoms with Gasteiger partial charge in [0.05, 0.1) is 16.3 Å². The van der Waals surface area contributed by atoms with Gasteiger partial charge in [-0.3, -0.25) is 0 Å². The number of benzene rings is 1. The number of aromatic carboxylic acids is 1. The number of aryl methyl sites for hydroxylation is 2. The Kier molecular flexibility index (Phi) is 4.22. The molecule has 0 aliphatic rings. The predicted molar refractivity (Wildman–Crippen MR) is 76.7 cm³/mol. The van der Waals surface area contributed by atoms with Crippen LogP contribution in [-0.2, 0) is 5.75 Å². The highest BCUT2D eigenvalue weighted by atomic mass is 32.2. The first-order valence-electron chi connectivity index (χ1n) is 5.96. The molecule has 1 aromatic carbocycles. The maximum absolute atomic E-state index is 10.9. The van der Waals surface area contributed by atoms with E-state index < -0.39 is 5.97 Å². The molecular weight excluding hydrogens is 258 g/mol. The van der Waals surface area contributed by atoms with E-state index in [1.165, 1.54) is 11.1 Å². The Bertz CT molecular complexity index is 611. The zero-order valence-electron chi connectivity index (χ0n) is 10.9. The zero-order chi connectivity index (χ0) is 13.8. The van der Waals surface area contributed by atoms with Crippen molar-refractivity contribution >= 4 is 17.7 Å². The Balaban J connectivity index is 2.11. The Labute approximate surface area is 116 Å². The van der Waals surface area contributed by atoms with Gasteiger partial charge in [-0.2, -0.15) is 0 Å². The summed E-state index contributed by atoms with van der Waals surface area (Å²) in [6.45, 7) is 3.81. The van der Waals surface area contributed by atoms with Crippen molar-refractivity contribution in [3.05, 3.63) is 58.8 Å². The number of hydrogen-bond acceptors (Lipinski definition) is 3. The molecule has 2 rings (SSSR count). The van der Waals surface area contributed by atoms with Gasteiger partial charge in [-0.05, 0) is 37.1 Å². The molecule has 4 heteroatoms. The van der Waals surface area contributed by atoms with Crippen LogP contribution in [0.15, 0.2) is 41.4 Å². The highest BCUT2D eigenvalue weighted by Gasteiger charge is 2.09. The lowest BCUT2D eigenvalue weighted by atomic mass is 10.1. The minimum Gasteiger partial charge on any atom is -0.478 e. The molecule has 0 unspecified atom stereocenters. The van der Waals surface area contributed by atoms with E-state index in [1.807, 2.05) is 12.1 Å². The van der Waals surface area contributed by atoms with Gasteiger partial charge in [0.2, 0.25) is 0 Å². The molecule has 1 aromatic heterocycles. The number of nitrogens with zero attached hydrogens (tertiary/aromatic N) is 1. The summed E-state index contributed by atoms with van der Waals surface area (Å²) >= 11 is 1.62. The highest BCUT2D eigenvalue weighted by molar-refractivity contribution is 7.98. The number of thioether (sulfide) groups is 1. The molecule has 0 spiro atoms. The van der Waals surface area contributed by atoms with Crippen molar-refractivity contribution in [3.8, 4) is 0 Å². The number of hydrogen-bond donors (Lipinski definition) is 1. The smallest absolute Gasteiger partial charge is 0.337 e. The van der Waals surface area contributed by atoms with Crippen LogP contribution in [0.5, 0.6) is 0 Å². The Morgan fingerprint density at radius 1 is 1.21 bits per heavy atom. The summed E-state index contributed by atoms with van der Waals surface area (Å²) in [5.74, 6) is -0.0913. The van der Waals surface area contributed by atoms with E-state index in [1.54, 1.807) is 30.8 Å². The Morgan fingerprint density at radius 2 is 1.95 bits per heavy atom. The van der Waals surface area contributed by atoms with E-state index in [9.17, 15) is 4.79 Å². The van der Waals surface area contributed by atoms with Gasteiger partial charge >= 0.3 is 5.97 Å². The lowest BCUT2D eigenvalue weighted by Gasteiger charge is -2.06. The van der Waals surface area contributed by atoms with E-state index in [2.05, 4.69) is 24.0 Å². The van der Waals surface area contributed by atoms with Crippen molar-refractivity contribution in [2.75, 3.05) is 0 Å². The van der Waals surface area contributed by atoms with Crippen LogP contribution in [-0.4, -0.2) is 16.1 Å². The van der Waals surface area contributed by atoms with Crippen molar-refractivity contribution in [1.82, 2.24) is 4.98 Å². The van der Waals surface area contributed by atoms with Crippen molar-refractivity contribution in [2.24, 2.45) is 0 Å². The number of carboxylic acids is 1. The monoisotopic (exact) mass is 273 g/mol. The fourth-order valence-corrected chi connectivity index (χ4v) is 2.76. The van der Waals surface area contributed by atoms with Gasteiger partial charge in [0.15, 0.2) is 0 Å². The van der Waals surface area contributed by atoms with Gasteiger partial charge in [0.1, 0.15) is 0 Å². The molecule has 0 aliphatic heterocycles. The molecule has 0 amide bonds. The van der Waals surface area contributed by atoms with Crippen molar-refractivity contribution in [3.63, 3.8) is 0 Å². The quantitative estimate of drug-likeness (QED) is 0.863. The summed E-state index contributed by atoms with van der Waals surface area (Å²) in [7, 11) is 0. The SMILES string of the molecule is Cc1ccccc1CSc1ccc(C(=O)O)c(C)n1. The summed E-state index contributed by atoms with van der Waals surface area (Å²) in [5.41, 5.74) is 3.35. The summed E-state index contributed by atoms with van der Waals surface area (Å²) < 4.78 is 0. The van der Waals surface area contributed by atoms with E-state index in [0.717, 1.165) is 10.8 Å². The van der Waals surface area contributed by atoms with Crippen LogP contribution in [0.25, 0.3) is 0 Å². The molecule has 3 nitrogen and oxygen atoms in total. The molecule has 0 aliphatic carbocycles. The molecule has 0 radical (unpaired) electrons. The van der Waals surface area contributed by atoms with Gasteiger partial charge in [-0.1, -0.05) is 24.3 Å². The first kappa shape index (κ1) is 13.6. The van der Waals surface area contributed by atoms with Gasteiger partial charge in [0, 0.05) is 5.75 Å². The van der Waals surface area contributed by atoms with Gasteiger partial charge in [0.25, 0.3) is 0 Å². The summed E-state index contributed by atoms with van der Waals surface area (Å²) in [6, 6.07) is 11.6. The zero-order valence-corrected chi connectivity index (χ0v) is 11.7. The Morgan fingerprint density at radius 3 is 2.58 bits per heavy atom. The molecule has 0 bridgehead atoms. The van der Waals surface area contributed by atoms with E-state index >= 15 is 0 Å². The molecule has 2 aromatic rings. The van der Waals surface area contributed by atoms with Crippen LogP contribution in [0.2, 0.25) is 0 Å². The predicted octanol–water partition coefficient (Wildman–Crippen LogP) is 3.69. The van der Waals surface area contributed by atoms with Crippen LogP contribution in [0.4, 0.5) is 0 Å². The second-order valence-corrected chi connectivity index (χ2v) is 5.30. The second kappa shape index (κ2) is 5.89. The van der Waals surface area contributed by atoms with Crippen LogP contribution < -0.4 is 0 Å². The molecule has 0 saturated carbocycles. The van der Waals surface area contributed by atoms with Crippen molar-refractivity contribution in [2.45, 2.75) is 24.6 Å². The number of rotatable bonds is 4. The molecule has 19 heavy (non-hydrogen) atoms. The summed E-state index contributed by atoms with van der Waals surface area (Å²) in [5, 5.41) is 9.81. The third-order valence-electron chi connectivity index (χ3n) is 2.93.